The zero-order valence-electron chi connectivity index (χ0n) is 32.2. The van der Waals surface area contributed by atoms with Gasteiger partial charge in [-0.3, -0.25) is 0 Å². The first-order valence-electron chi connectivity index (χ1n) is 19.4. The normalized spacial score (nSPS) is 11.6. The molecule has 0 saturated heterocycles. The monoisotopic (exact) mass is 818 g/mol. The van der Waals surface area contributed by atoms with Crippen molar-refractivity contribution in [2.45, 2.75) is 58.5 Å². The fourth-order valence-corrected chi connectivity index (χ4v) is 8.38. The molecule has 0 N–H and O–H groups in total. The molecule has 0 saturated carbocycles. The lowest BCUT2D eigenvalue weighted by Gasteiger charge is -2.34. The summed E-state index contributed by atoms with van der Waals surface area (Å²) in [5.41, 5.74) is 6.61. The lowest BCUT2D eigenvalue weighted by atomic mass is 9.77. The first-order chi connectivity index (χ1) is 27.9. The zero-order valence-corrected chi connectivity index (χ0v) is 33.8. The Morgan fingerprint density at radius 2 is 1.40 bits per heavy atom. The number of ether oxygens (including phenoxy) is 1. The molecule has 0 spiro atoms. The third kappa shape index (κ3) is 7.10. The van der Waals surface area contributed by atoms with E-state index in [0.29, 0.717) is 36.1 Å². The number of benzene rings is 5. The van der Waals surface area contributed by atoms with E-state index in [4.69, 9.17) is 29.5 Å². The van der Waals surface area contributed by atoms with Gasteiger partial charge in [0.25, 0.3) is 0 Å². The van der Waals surface area contributed by atoms with Crippen molar-refractivity contribution in [3.8, 4) is 22.7 Å². The topological polar surface area (TPSA) is 101 Å². The number of rotatable bonds is 14. The van der Waals surface area contributed by atoms with Gasteiger partial charge in [-0.05, 0) is 75.8 Å². The number of furan rings is 1. The Kier molecular flexibility index (Phi) is 11.0. The first kappa shape index (κ1) is 37.8. The molecule has 0 bridgehead atoms. The fourth-order valence-electron chi connectivity index (χ4n) is 7.78. The SMILES string of the molecule is CCCCCc1nc(C)c(C(=O)OCC)n1Cc1ccc2oc(-c3ccccc3-c3nnn(C(c4ccccc4)(c4ccccc4)c4ccccc4)n3)c(Br)c2c1. The summed E-state index contributed by atoms with van der Waals surface area (Å²) in [6.07, 6.45) is 3.98. The van der Waals surface area contributed by atoms with Crippen molar-refractivity contribution in [1.82, 2.24) is 29.8 Å². The Bertz CT molecular complexity index is 2540. The first-order valence-corrected chi connectivity index (χ1v) is 20.2. The van der Waals surface area contributed by atoms with Gasteiger partial charge in [0.2, 0.25) is 5.82 Å². The van der Waals surface area contributed by atoms with Gasteiger partial charge in [0.1, 0.15) is 17.2 Å². The van der Waals surface area contributed by atoms with E-state index in [2.05, 4.69) is 65.3 Å². The molecule has 10 heteroatoms. The molecule has 0 aliphatic rings. The lowest BCUT2D eigenvalue weighted by molar-refractivity contribution is 0.0513. The summed E-state index contributed by atoms with van der Waals surface area (Å²) in [7, 11) is 0. The predicted octanol–water partition coefficient (Wildman–Crippen LogP) is 10.8. The van der Waals surface area contributed by atoms with Crippen LogP contribution in [0.3, 0.4) is 0 Å². The quantitative estimate of drug-likeness (QED) is 0.0612. The van der Waals surface area contributed by atoms with E-state index in [1.54, 1.807) is 4.80 Å². The molecule has 0 unspecified atom stereocenters. The number of nitrogens with zero attached hydrogens (tertiary/aromatic N) is 6. The summed E-state index contributed by atoms with van der Waals surface area (Å²) in [4.78, 5) is 19.7. The van der Waals surface area contributed by atoms with Crippen LogP contribution < -0.4 is 0 Å². The van der Waals surface area contributed by atoms with Gasteiger partial charge >= 0.3 is 5.97 Å². The van der Waals surface area contributed by atoms with Crippen LogP contribution in [-0.4, -0.2) is 42.3 Å². The number of hydrogen-bond acceptors (Lipinski definition) is 7. The maximum absolute atomic E-state index is 13.1. The zero-order chi connectivity index (χ0) is 39.4. The molecule has 8 rings (SSSR count). The van der Waals surface area contributed by atoms with E-state index in [1.165, 1.54) is 0 Å². The van der Waals surface area contributed by atoms with Gasteiger partial charge in [0, 0.05) is 29.5 Å². The van der Waals surface area contributed by atoms with Gasteiger partial charge in [-0.25, -0.2) is 9.78 Å². The molecular weight excluding hydrogens is 776 g/mol. The van der Waals surface area contributed by atoms with Crippen molar-refractivity contribution in [3.05, 3.63) is 177 Å². The van der Waals surface area contributed by atoms with Gasteiger partial charge in [-0.1, -0.05) is 141 Å². The number of esters is 1. The van der Waals surface area contributed by atoms with Crippen LogP contribution in [0.2, 0.25) is 0 Å². The largest absolute Gasteiger partial charge is 0.461 e. The van der Waals surface area contributed by atoms with E-state index in [1.807, 2.05) is 109 Å². The highest BCUT2D eigenvalue weighted by atomic mass is 79.9. The third-order valence-corrected chi connectivity index (χ3v) is 11.2. The van der Waals surface area contributed by atoms with Crippen LogP contribution in [0.15, 0.2) is 142 Å². The lowest BCUT2D eigenvalue weighted by Crippen LogP contribution is -2.39. The number of halogens is 1. The Morgan fingerprint density at radius 3 is 2.02 bits per heavy atom. The van der Waals surface area contributed by atoms with E-state index >= 15 is 0 Å². The maximum atomic E-state index is 13.1. The number of carbonyl (C=O) groups excluding carboxylic acids is 1. The van der Waals surface area contributed by atoms with E-state index in [-0.39, 0.29) is 5.97 Å². The van der Waals surface area contributed by atoms with Crippen LogP contribution in [-0.2, 0) is 23.2 Å². The van der Waals surface area contributed by atoms with Gasteiger partial charge in [0.05, 0.1) is 16.8 Å². The number of imidazole rings is 1. The molecular formula is C47H43BrN6O3. The van der Waals surface area contributed by atoms with Crippen LogP contribution in [0.1, 0.15) is 77.4 Å². The number of fused-ring (bicyclic) bond motifs is 1. The number of aromatic nitrogens is 6. The maximum Gasteiger partial charge on any atom is 0.356 e. The molecule has 0 aliphatic heterocycles. The second kappa shape index (κ2) is 16.5. The molecule has 0 fully saturated rings. The Hall–Kier alpha value is -6.13. The van der Waals surface area contributed by atoms with E-state index < -0.39 is 5.54 Å². The average molecular weight is 820 g/mol. The van der Waals surface area contributed by atoms with Crippen LogP contribution in [0.25, 0.3) is 33.7 Å². The Morgan fingerprint density at radius 1 is 0.789 bits per heavy atom. The van der Waals surface area contributed by atoms with Crippen LogP contribution >= 0.6 is 15.9 Å². The number of carbonyl (C=O) groups is 1. The van der Waals surface area contributed by atoms with E-state index in [0.717, 1.165) is 80.3 Å². The second-order valence-electron chi connectivity index (χ2n) is 14.1. The second-order valence-corrected chi connectivity index (χ2v) is 14.9. The molecule has 3 heterocycles. The van der Waals surface area contributed by atoms with Crippen molar-refractivity contribution in [2.75, 3.05) is 6.61 Å². The summed E-state index contributed by atoms with van der Waals surface area (Å²) >= 11 is 3.91. The Labute approximate surface area is 340 Å². The minimum Gasteiger partial charge on any atom is -0.461 e. The highest BCUT2D eigenvalue weighted by Gasteiger charge is 2.41. The minimum absolute atomic E-state index is 0.298. The molecule has 0 amide bonds. The van der Waals surface area contributed by atoms with Gasteiger partial charge in [-0.15, -0.1) is 15.0 Å². The summed E-state index contributed by atoms with van der Waals surface area (Å²) in [6.45, 7) is 6.65. The molecule has 286 valence electrons. The van der Waals surface area contributed by atoms with Crippen LogP contribution in [0.5, 0.6) is 0 Å². The molecule has 0 atom stereocenters. The van der Waals surface area contributed by atoms with Crippen LogP contribution in [0.4, 0.5) is 0 Å². The van der Waals surface area contributed by atoms with Gasteiger partial charge < -0.3 is 13.7 Å². The molecule has 0 radical (unpaired) electrons. The number of aryl methyl sites for hydroxylation is 2. The van der Waals surface area contributed by atoms with Crippen LogP contribution in [0, 0.1) is 6.92 Å². The Balaban J connectivity index is 1.20. The molecule has 9 nitrogen and oxygen atoms in total. The van der Waals surface area contributed by atoms with Crippen molar-refractivity contribution >= 4 is 32.9 Å². The number of tetrazole rings is 1. The smallest absolute Gasteiger partial charge is 0.356 e. The minimum atomic E-state index is -0.906. The van der Waals surface area contributed by atoms with Crippen molar-refractivity contribution in [1.29, 1.82) is 0 Å². The highest BCUT2D eigenvalue weighted by Crippen LogP contribution is 2.43. The molecule has 8 aromatic rings. The third-order valence-electron chi connectivity index (χ3n) is 10.4. The predicted molar refractivity (Wildman–Crippen MR) is 226 cm³/mol. The van der Waals surface area contributed by atoms with Crippen molar-refractivity contribution < 1.29 is 13.9 Å². The van der Waals surface area contributed by atoms with Crippen molar-refractivity contribution in [2.24, 2.45) is 0 Å². The van der Waals surface area contributed by atoms with E-state index in [9.17, 15) is 4.79 Å². The molecule has 57 heavy (non-hydrogen) atoms. The standard InChI is InChI=1S/C47H43BrN6O3/c1-4-6-10-27-41-49-32(3)43(46(55)56-5-2)53(41)31-33-28-29-40-39(30-33)42(48)44(57-40)37-25-17-18-26-38(37)45-50-52-54(51-45)47(34-19-11-7-12-20-34,35-21-13-8-14-22-35)36-23-15-9-16-24-36/h7-9,11-26,28-30H,4-6,10,27,31H2,1-3H3. The van der Waals surface area contributed by atoms with Crippen molar-refractivity contribution in [3.63, 3.8) is 0 Å². The highest BCUT2D eigenvalue weighted by molar-refractivity contribution is 9.10. The molecule has 5 aromatic carbocycles. The van der Waals surface area contributed by atoms with Gasteiger partial charge in [-0.2, -0.15) is 0 Å². The summed E-state index contributed by atoms with van der Waals surface area (Å²) in [5, 5.41) is 15.6. The number of hydrogen-bond donors (Lipinski definition) is 0. The summed E-state index contributed by atoms with van der Waals surface area (Å²) in [5.74, 6) is 1.65. The number of unbranched alkanes of at least 4 members (excludes halogenated alkanes) is 2. The molecule has 3 aromatic heterocycles. The molecule has 0 aliphatic carbocycles. The van der Waals surface area contributed by atoms with Gasteiger partial charge in [0.15, 0.2) is 11.2 Å². The summed E-state index contributed by atoms with van der Waals surface area (Å²) < 4.78 is 14.9. The average Bonchev–Trinajstić information content (AvgIpc) is 3.95. The summed E-state index contributed by atoms with van der Waals surface area (Å²) in [6, 6.07) is 45.0. The fraction of sp³-hybridized carbons (Fsp3) is 0.213.